The van der Waals surface area contributed by atoms with Gasteiger partial charge in [0.15, 0.2) is 0 Å². The van der Waals surface area contributed by atoms with Crippen LogP contribution in [-0.4, -0.2) is 36.7 Å². The van der Waals surface area contributed by atoms with Crippen molar-refractivity contribution in [3.05, 3.63) is 53.0 Å². The van der Waals surface area contributed by atoms with E-state index in [2.05, 4.69) is 46.4 Å². The minimum Gasteiger partial charge on any atom is -0.346 e. The summed E-state index contributed by atoms with van der Waals surface area (Å²) in [6.45, 7) is 10.7. The van der Waals surface area contributed by atoms with E-state index in [1.54, 1.807) is 6.92 Å². The Morgan fingerprint density at radius 1 is 1.46 bits per heavy atom. The van der Waals surface area contributed by atoms with Crippen LogP contribution in [0.2, 0.25) is 0 Å². The molecule has 0 amide bonds. The molecule has 2 heterocycles. The molecule has 152 valence electrons. The van der Waals surface area contributed by atoms with Crippen molar-refractivity contribution in [3.63, 3.8) is 0 Å². The summed E-state index contributed by atoms with van der Waals surface area (Å²) in [6.07, 6.45) is 13.1. The summed E-state index contributed by atoms with van der Waals surface area (Å²) in [6, 6.07) is 4.73. The molecular weight excluding hydrogens is 348 g/mol. The quantitative estimate of drug-likeness (QED) is 0.464. The molecule has 1 atom stereocenters. The van der Waals surface area contributed by atoms with Gasteiger partial charge in [0.1, 0.15) is 6.29 Å². The fourth-order valence-corrected chi connectivity index (χ4v) is 2.29. The van der Waals surface area contributed by atoms with Crippen LogP contribution in [0, 0.1) is 19.3 Å². The van der Waals surface area contributed by atoms with E-state index in [4.69, 9.17) is 6.42 Å². The van der Waals surface area contributed by atoms with Crippen LogP contribution in [-0.2, 0) is 11.2 Å². The Labute approximate surface area is 170 Å². The van der Waals surface area contributed by atoms with Crippen molar-refractivity contribution in [2.75, 3.05) is 13.6 Å². The second-order valence-corrected chi connectivity index (χ2v) is 6.36. The number of aromatic nitrogens is 1. The molecule has 0 saturated heterocycles. The lowest BCUT2D eigenvalue weighted by atomic mass is 10.0. The van der Waals surface area contributed by atoms with Crippen LogP contribution in [0.1, 0.15) is 45.4 Å². The molecule has 0 fully saturated rings. The molecular formula is C23H34N4O. The van der Waals surface area contributed by atoms with Crippen molar-refractivity contribution in [2.24, 2.45) is 4.99 Å². The van der Waals surface area contributed by atoms with Gasteiger partial charge in [-0.05, 0) is 70.9 Å². The molecule has 0 bridgehead atoms. The van der Waals surface area contributed by atoms with Gasteiger partial charge >= 0.3 is 0 Å². The Morgan fingerprint density at radius 3 is 2.54 bits per heavy atom. The predicted octanol–water partition coefficient (Wildman–Crippen LogP) is 3.61. The van der Waals surface area contributed by atoms with E-state index in [1.165, 1.54) is 17.3 Å². The lowest BCUT2D eigenvalue weighted by Crippen LogP contribution is -2.26. The zero-order valence-corrected chi connectivity index (χ0v) is 18.0. The predicted molar refractivity (Wildman–Crippen MR) is 119 cm³/mol. The molecule has 1 aromatic rings. The first-order valence-corrected chi connectivity index (χ1v) is 9.50. The van der Waals surface area contributed by atoms with E-state index < -0.39 is 0 Å². The van der Waals surface area contributed by atoms with E-state index in [0.717, 1.165) is 37.2 Å². The van der Waals surface area contributed by atoms with Crippen molar-refractivity contribution >= 4 is 12.1 Å². The van der Waals surface area contributed by atoms with Crippen molar-refractivity contribution in [3.8, 4) is 12.3 Å². The fraction of sp³-hybridized carbons (Fsp3) is 0.435. The van der Waals surface area contributed by atoms with Gasteiger partial charge in [-0.3, -0.25) is 14.8 Å². The average Bonchev–Trinajstić information content (AvgIpc) is 3.14. The molecule has 0 saturated carbocycles. The zero-order chi connectivity index (χ0) is 21.4. The van der Waals surface area contributed by atoms with E-state index in [-0.39, 0.29) is 0 Å². The summed E-state index contributed by atoms with van der Waals surface area (Å²) in [5.74, 6) is 3.25. The number of hydrogen-bond acceptors (Lipinski definition) is 5. The minimum atomic E-state index is 0.572. The number of rotatable bonds is 5. The molecule has 0 aromatic carbocycles. The molecule has 1 aromatic heterocycles. The SMILES string of the molecule is C#C/C=C(\C)C=O.C/C=C1\CN=C(C)N1.CCC(Cc1cccnc1C)NC. The summed E-state index contributed by atoms with van der Waals surface area (Å²) in [7, 11) is 2.01. The molecule has 1 aliphatic rings. The van der Waals surface area contributed by atoms with Gasteiger partial charge in [0, 0.05) is 23.6 Å². The van der Waals surface area contributed by atoms with Crippen LogP contribution in [0.25, 0.3) is 0 Å². The molecule has 1 unspecified atom stereocenters. The maximum Gasteiger partial charge on any atom is 0.146 e. The Hall–Kier alpha value is -2.71. The van der Waals surface area contributed by atoms with Gasteiger partial charge in [-0.25, -0.2) is 0 Å². The third kappa shape index (κ3) is 11.1. The van der Waals surface area contributed by atoms with Gasteiger partial charge in [-0.1, -0.05) is 25.0 Å². The number of allylic oxidation sites excluding steroid dienone is 3. The van der Waals surface area contributed by atoms with Crippen molar-refractivity contribution in [2.45, 2.75) is 53.5 Å². The Balaban J connectivity index is 0.000000419. The zero-order valence-electron chi connectivity index (χ0n) is 18.0. The number of hydrogen-bond donors (Lipinski definition) is 2. The van der Waals surface area contributed by atoms with E-state index >= 15 is 0 Å². The normalized spacial score (nSPS) is 15.1. The molecule has 5 heteroatoms. The number of pyridine rings is 1. The number of amidine groups is 1. The van der Waals surface area contributed by atoms with Gasteiger partial charge in [-0.2, -0.15) is 0 Å². The number of aliphatic imine (C=N–C) groups is 1. The number of carbonyl (C=O) groups excluding carboxylic acids is 1. The van der Waals surface area contributed by atoms with Crippen molar-refractivity contribution < 1.29 is 4.79 Å². The lowest BCUT2D eigenvalue weighted by Gasteiger charge is -2.14. The molecule has 28 heavy (non-hydrogen) atoms. The summed E-state index contributed by atoms with van der Waals surface area (Å²) < 4.78 is 0. The number of aldehydes is 1. The number of carbonyl (C=O) groups is 1. The van der Waals surface area contributed by atoms with Gasteiger partial charge in [0.05, 0.1) is 12.4 Å². The first-order chi connectivity index (χ1) is 13.4. The van der Waals surface area contributed by atoms with Crippen LogP contribution >= 0.6 is 0 Å². The molecule has 0 radical (unpaired) electrons. The number of nitrogens with zero attached hydrogens (tertiary/aromatic N) is 2. The molecule has 5 nitrogen and oxygen atoms in total. The van der Waals surface area contributed by atoms with Gasteiger partial charge in [0.25, 0.3) is 0 Å². The molecule has 2 rings (SSSR count). The Bertz CT molecular complexity index is 722. The molecule has 0 spiro atoms. The number of aryl methyl sites for hydroxylation is 1. The van der Waals surface area contributed by atoms with E-state index in [9.17, 15) is 4.79 Å². The monoisotopic (exact) mass is 382 g/mol. The van der Waals surface area contributed by atoms with Crippen LogP contribution in [0.3, 0.4) is 0 Å². The highest BCUT2D eigenvalue weighted by Crippen LogP contribution is 2.08. The lowest BCUT2D eigenvalue weighted by molar-refractivity contribution is -0.104. The standard InChI is InChI=1S/C11H18N2.C6H10N2.C6H6O/c1-4-11(12-3)8-10-6-5-7-13-9(10)2;1-3-6-4-7-5(2)8-6;1-3-4-6(2)5-7/h5-7,11-12H,4,8H2,1-3H3;3H,4H2,1-2H3,(H,7,8);1,4-5H,2H3/b;6-3+;6-4+. The topological polar surface area (TPSA) is 66.4 Å². The van der Waals surface area contributed by atoms with E-state index in [1.807, 2.05) is 39.2 Å². The third-order valence-corrected chi connectivity index (χ3v) is 4.16. The number of likely N-dealkylation sites (N-methyl/N-ethyl adjacent to an activating group) is 1. The van der Waals surface area contributed by atoms with Crippen LogP contribution < -0.4 is 10.6 Å². The summed E-state index contributed by atoms with van der Waals surface area (Å²) in [5.41, 5.74) is 4.30. The first kappa shape index (κ1) is 25.3. The molecule has 0 aliphatic carbocycles. The van der Waals surface area contributed by atoms with Crippen molar-refractivity contribution in [1.82, 2.24) is 15.6 Å². The smallest absolute Gasteiger partial charge is 0.146 e. The Morgan fingerprint density at radius 2 is 2.18 bits per heavy atom. The third-order valence-electron chi connectivity index (χ3n) is 4.16. The summed E-state index contributed by atoms with van der Waals surface area (Å²) >= 11 is 0. The second kappa shape index (κ2) is 15.4. The molecule has 1 aliphatic heterocycles. The number of terminal acetylenes is 1. The number of nitrogens with one attached hydrogen (secondary N) is 2. The minimum absolute atomic E-state index is 0.572. The van der Waals surface area contributed by atoms with Gasteiger partial charge in [0.2, 0.25) is 0 Å². The average molecular weight is 383 g/mol. The fourth-order valence-electron chi connectivity index (χ4n) is 2.29. The van der Waals surface area contributed by atoms with E-state index in [0.29, 0.717) is 11.6 Å². The first-order valence-electron chi connectivity index (χ1n) is 9.50. The highest BCUT2D eigenvalue weighted by molar-refractivity contribution is 5.83. The largest absolute Gasteiger partial charge is 0.346 e. The Kier molecular flexibility index (Phi) is 13.9. The van der Waals surface area contributed by atoms with Crippen LogP contribution in [0.4, 0.5) is 0 Å². The highest BCUT2D eigenvalue weighted by Gasteiger charge is 2.06. The summed E-state index contributed by atoms with van der Waals surface area (Å²) in [5, 5.41) is 6.41. The van der Waals surface area contributed by atoms with Crippen LogP contribution in [0.5, 0.6) is 0 Å². The second-order valence-electron chi connectivity index (χ2n) is 6.36. The van der Waals surface area contributed by atoms with Gasteiger partial charge in [-0.15, -0.1) is 6.42 Å². The maximum absolute atomic E-state index is 9.73. The highest BCUT2D eigenvalue weighted by atomic mass is 16.1. The van der Waals surface area contributed by atoms with Crippen molar-refractivity contribution in [1.29, 1.82) is 0 Å². The maximum atomic E-state index is 9.73. The van der Waals surface area contributed by atoms with Gasteiger partial charge < -0.3 is 10.6 Å². The van der Waals surface area contributed by atoms with Crippen LogP contribution in [0.15, 0.2) is 46.7 Å². The summed E-state index contributed by atoms with van der Waals surface area (Å²) in [4.78, 5) is 18.1. The molecule has 2 N–H and O–H groups in total.